The predicted octanol–water partition coefficient (Wildman–Crippen LogP) is 0.319. The van der Waals surface area contributed by atoms with Crippen molar-refractivity contribution in [3.05, 3.63) is 30.3 Å². The number of carboxylic acid groups (broad SMARTS) is 1. The number of benzene rings is 1. The molecule has 0 aliphatic rings. The van der Waals surface area contributed by atoms with Crippen LogP contribution in [0.4, 0.5) is 0 Å². The zero-order valence-electron chi connectivity index (χ0n) is 11.4. The molecule has 0 spiro atoms. The zero-order valence-corrected chi connectivity index (χ0v) is 11.4. The second-order valence-electron chi connectivity index (χ2n) is 4.58. The largest absolute Gasteiger partial charge is 0.481 e. The lowest BCUT2D eigenvalue weighted by molar-refractivity contribution is -0.137. The summed E-state index contributed by atoms with van der Waals surface area (Å²) in [4.78, 5) is 23.4. The molecule has 0 radical (unpaired) electrons. The number of nitrogens with zero attached hydrogens (tertiary/aromatic N) is 4. The molecule has 1 atom stereocenters. The van der Waals surface area contributed by atoms with Crippen molar-refractivity contribution >= 4 is 11.9 Å². The summed E-state index contributed by atoms with van der Waals surface area (Å²) in [6.07, 6.45) is -0.133. The summed E-state index contributed by atoms with van der Waals surface area (Å²) in [6.45, 7) is 1.51. The maximum atomic E-state index is 11.7. The highest BCUT2D eigenvalue weighted by Gasteiger charge is 2.13. The molecule has 0 fully saturated rings. The number of aromatic nitrogens is 4. The fourth-order valence-electron chi connectivity index (χ4n) is 1.77. The first-order chi connectivity index (χ1) is 10.0. The van der Waals surface area contributed by atoms with Gasteiger partial charge in [0.25, 0.3) is 0 Å². The molecule has 0 bridgehead atoms. The van der Waals surface area contributed by atoms with Crippen molar-refractivity contribution < 1.29 is 14.7 Å². The molecule has 2 aromatic rings. The van der Waals surface area contributed by atoms with Crippen LogP contribution in [-0.4, -0.2) is 43.2 Å². The quantitative estimate of drug-likeness (QED) is 0.792. The summed E-state index contributed by atoms with van der Waals surface area (Å²) in [6, 6.07) is 8.83. The third-order valence-electron chi connectivity index (χ3n) is 2.66. The highest BCUT2D eigenvalue weighted by Crippen LogP contribution is 2.11. The van der Waals surface area contributed by atoms with E-state index in [1.54, 1.807) is 6.92 Å². The van der Waals surface area contributed by atoms with Gasteiger partial charge in [0.15, 0.2) is 0 Å². The van der Waals surface area contributed by atoms with E-state index < -0.39 is 12.0 Å². The fourth-order valence-corrected chi connectivity index (χ4v) is 1.77. The van der Waals surface area contributed by atoms with Crippen LogP contribution in [0.15, 0.2) is 30.3 Å². The van der Waals surface area contributed by atoms with Crippen LogP contribution in [0, 0.1) is 0 Å². The first kappa shape index (κ1) is 14.6. The van der Waals surface area contributed by atoms with Gasteiger partial charge in [-0.05, 0) is 12.1 Å². The van der Waals surface area contributed by atoms with Crippen molar-refractivity contribution in [2.75, 3.05) is 0 Å². The van der Waals surface area contributed by atoms with E-state index >= 15 is 0 Å². The molecule has 0 aliphatic carbocycles. The summed E-state index contributed by atoms with van der Waals surface area (Å²) in [7, 11) is 0. The van der Waals surface area contributed by atoms with Gasteiger partial charge in [0.05, 0.1) is 6.42 Å². The molecule has 0 aliphatic heterocycles. The first-order valence-electron chi connectivity index (χ1n) is 6.39. The Morgan fingerprint density at radius 2 is 2.05 bits per heavy atom. The second kappa shape index (κ2) is 6.60. The standard InChI is InChI=1S/C13H15N5O3/c1-9(7-12(20)21)14-11(19)8-18-16-13(15-17-18)10-5-3-2-4-6-10/h2-6,9H,7-8H2,1H3,(H,14,19)(H,20,21). The second-order valence-corrected chi connectivity index (χ2v) is 4.58. The van der Waals surface area contributed by atoms with Gasteiger partial charge < -0.3 is 10.4 Å². The highest BCUT2D eigenvalue weighted by molar-refractivity contribution is 5.77. The molecule has 1 amide bonds. The fraction of sp³-hybridized carbons (Fsp3) is 0.308. The van der Waals surface area contributed by atoms with Crippen molar-refractivity contribution in [1.82, 2.24) is 25.5 Å². The molecular formula is C13H15N5O3. The van der Waals surface area contributed by atoms with Crippen molar-refractivity contribution in [2.45, 2.75) is 25.9 Å². The molecule has 110 valence electrons. The molecule has 1 aromatic carbocycles. The van der Waals surface area contributed by atoms with Gasteiger partial charge in [0, 0.05) is 11.6 Å². The summed E-state index contributed by atoms with van der Waals surface area (Å²) in [5, 5.41) is 23.0. The summed E-state index contributed by atoms with van der Waals surface area (Å²) >= 11 is 0. The average Bonchev–Trinajstić information content (AvgIpc) is 2.86. The van der Waals surface area contributed by atoms with E-state index in [0.29, 0.717) is 5.82 Å². The molecule has 8 nitrogen and oxygen atoms in total. The SMILES string of the molecule is CC(CC(=O)O)NC(=O)Cn1nnc(-c2ccccc2)n1. The Kier molecular flexibility index (Phi) is 4.60. The molecule has 0 saturated carbocycles. The van der Waals surface area contributed by atoms with Gasteiger partial charge in [0.2, 0.25) is 11.7 Å². The van der Waals surface area contributed by atoms with E-state index in [9.17, 15) is 9.59 Å². The predicted molar refractivity (Wildman–Crippen MR) is 73.1 cm³/mol. The summed E-state index contributed by atoms with van der Waals surface area (Å²) in [5.41, 5.74) is 0.809. The molecule has 1 heterocycles. The van der Waals surface area contributed by atoms with Gasteiger partial charge in [-0.15, -0.1) is 10.2 Å². The monoisotopic (exact) mass is 289 g/mol. The molecule has 8 heteroatoms. The maximum absolute atomic E-state index is 11.7. The minimum absolute atomic E-state index is 0.107. The normalized spacial score (nSPS) is 11.9. The van der Waals surface area contributed by atoms with Gasteiger partial charge in [-0.2, -0.15) is 4.80 Å². The Labute approximate surface area is 120 Å². The van der Waals surface area contributed by atoms with E-state index in [1.165, 1.54) is 4.80 Å². The van der Waals surface area contributed by atoms with Crippen molar-refractivity contribution in [3.8, 4) is 11.4 Å². The number of rotatable bonds is 6. The van der Waals surface area contributed by atoms with Crippen LogP contribution in [-0.2, 0) is 16.1 Å². The van der Waals surface area contributed by atoms with E-state index in [-0.39, 0.29) is 18.9 Å². The van der Waals surface area contributed by atoms with Crippen LogP contribution in [0.5, 0.6) is 0 Å². The van der Waals surface area contributed by atoms with E-state index in [0.717, 1.165) is 5.56 Å². The Hall–Kier alpha value is -2.77. The van der Waals surface area contributed by atoms with Crippen LogP contribution in [0.2, 0.25) is 0 Å². The Morgan fingerprint density at radius 1 is 1.33 bits per heavy atom. The molecule has 2 N–H and O–H groups in total. The lowest BCUT2D eigenvalue weighted by atomic mass is 10.2. The van der Waals surface area contributed by atoms with E-state index in [2.05, 4.69) is 20.7 Å². The molecule has 2 rings (SSSR count). The van der Waals surface area contributed by atoms with Gasteiger partial charge in [-0.3, -0.25) is 9.59 Å². The van der Waals surface area contributed by atoms with Crippen molar-refractivity contribution in [3.63, 3.8) is 0 Å². The van der Waals surface area contributed by atoms with E-state index in [4.69, 9.17) is 5.11 Å². The number of carbonyl (C=O) groups excluding carboxylic acids is 1. The molecule has 0 saturated heterocycles. The number of tetrazole rings is 1. The first-order valence-corrected chi connectivity index (χ1v) is 6.39. The molecule has 21 heavy (non-hydrogen) atoms. The van der Waals surface area contributed by atoms with Crippen molar-refractivity contribution in [1.29, 1.82) is 0 Å². The highest BCUT2D eigenvalue weighted by atomic mass is 16.4. The number of aliphatic carboxylic acids is 1. The van der Waals surface area contributed by atoms with Crippen LogP contribution in [0.1, 0.15) is 13.3 Å². The number of carbonyl (C=O) groups is 2. The number of hydrogen-bond donors (Lipinski definition) is 2. The number of carboxylic acids is 1. The van der Waals surface area contributed by atoms with Crippen LogP contribution in [0.3, 0.4) is 0 Å². The third-order valence-corrected chi connectivity index (χ3v) is 2.66. The minimum atomic E-state index is -0.965. The molecule has 1 aromatic heterocycles. The van der Waals surface area contributed by atoms with Gasteiger partial charge >= 0.3 is 5.97 Å². The summed E-state index contributed by atoms with van der Waals surface area (Å²) in [5.74, 6) is -0.893. The van der Waals surface area contributed by atoms with Gasteiger partial charge in [-0.1, -0.05) is 30.3 Å². The Balaban J connectivity index is 1.93. The minimum Gasteiger partial charge on any atom is -0.481 e. The number of hydrogen-bond acceptors (Lipinski definition) is 5. The lowest BCUT2D eigenvalue weighted by Gasteiger charge is -2.10. The zero-order chi connectivity index (χ0) is 15.2. The van der Waals surface area contributed by atoms with Crippen LogP contribution < -0.4 is 5.32 Å². The molecule has 1 unspecified atom stereocenters. The van der Waals surface area contributed by atoms with Gasteiger partial charge in [0.1, 0.15) is 6.54 Å². The number of nitrogens with one attached hydrogen (secondary N) is 1. The topological polar surface area (TPSA) is 110 Å². The molecular weight excluding hydrogens is 274 g/mol. The Bertz CT molecular complexity index is 626. The van der Waals surface area contributed by atoms with E-state index in [1.807, 2.05) is 30.3 Å². The maximum Gasteiger partial charge on any atom is 0.305 e. The summed E-state index contributed by atoms with van der Waals surface area (Å²) < 4.78 is 0. The third kappa shape index (κ3) is 4.37. The Morgan fingerprint density at radius 3 is 2.71 bits per heavy atom. The smallest absolute Gasteiger partial charge is 0.305 e. The van der Waals surface area contributed by atoms with Gasteiger partial charge in [-0.25, -0.2) is 0 Å². The van der Waals surface area contributed by atoms with Crippen molar-refractivity contribution in [2.24, 2.45) is 0 Å². The van der Waals surface area contributed by atoms with Crippen LogP contribution in [0.25, 0.3) is 11.4 Å². The van der Waals surface area contributed by atoms with Crippen LogP contribution >= 0.6 is 0 Å². The number of amides is 1. The average molecular weight is 289 g/mol. The lowest BCUT2D eigenvalue weighted by Crippen LogP contribution is -2.36.